The maximum absolute atomic E-state index is 11.2. The molecule has 1 aromatic carbocycles. The molecular weight excluding hydrogens is 224 g/mol. The first-order chi connectivity index (χ1) is 7.66. The van der Waals surface area contributed by atoms with Crippen LogP contribution in [0.5, 0.6) is 0 Å². The monoisotopic (exact) mass is 238 g/mol. The molecule has 0 saturated carbocycles. The second-order valence-corrected chi connectivity index (χ2v) is 4.59. The lowest BCUT2D eigenvalue weighted by Crippen LogP contribution is -2.39. The molecule has 1 saturated heterocycles. The summed E-state index contributed by atoms with van der Waals surface area (Å²) in [5, 5.41) is 0.733. The Morgan fingerprint density at radius 2 is 2.12 bits per heavy atom. The first-order valence-corrected chi connectivity index (χ1v) is 5.82. The van der Waals surface area contributed by atoms with E-state index in [1.807, 2.05) is 24.3 Å². The van der Waals surface area contributed by atoms with E-state index in [-0.39, 0.29) is 11.9 Å². The van der Waals surface area contributed by atoms with Crippen molar-refractivity contribution in [3.05, 3.63) is 34.9 Å². The molecule has 1 aliphatic heterocycles. The SMILES string of the molecule is NC(=O)C1CCCN1Cc1ccc(Cl)cc1. The van der Waals surface area contributed by atoms with Crippen molar-refractivity contribution in [2.24, 2.45) is 5.73 Å². The number of carbonyl (C=O) groups excluding carboxylic acids is 1. The van der Waals surface area contributed by atoms with E-state index in [1.165, 1.54) is 0 Å². The lowest BCUT2D eigenvalue weighted by Gasteiger charge is -2.21. The molecular formula is C12H15ClN2O. The highest BCUT2D eigenvalue weighted by Gasteiger charge is 2.28. The number of hydrogen-bond donors (Lipinski definition) is 1. The quantitative estimate of drug-likeness (QED) is 0.873. The topological polar surface area (TPSA) is 46.3 Å². The second-order valence-electron chi connectivity index (χ2n) is 4.16. The average molecular weight is 239 g/mol. The van der Waals surface area contributed by atoms with Crippen molar-refractivity contribution in [2.75, 3.05) is 6.54 Å². The number of carbonyl (C=O) groups is 1. The minimum atomic E-state index is -0.216. The Bertz CT molecular complexity index is 377. The molecule has 1 heterocycles. The van der Waals surface area contributed by atoms with Crippen molar-refractivity contribution < 1.29 is 4.79 Å². The molecule has 1 aliphatic rings. The maximum atomic E-state index is 11.2. The molecule has 0 aromatic heterocycles. The van der Waals surface area contributed by atoms with E-state index in [0.29, 0.717) is 0 Å². The Morgan fingerprint density at radius 1 is 1.44 bits per heavy atom. The highest BCUT2D eigenvalue weighted by Crippen LogP contribution is 2.20. The normalized spacial score (nSPS) is 21.2. The minimum absolute atomic E-state index is 0.101. The van der Waals surface area contributed by atoms with Gasteiger partial charge in [-0.25, -0.2) is 0 Å². The van der Waals surface area contributed by atoms with Gasteiger partial charge in [0.2, 0.25) is 5.91 Å². The van der Waals surface area contributed by atoms with Gasteiger partial charge in [-0.1, -0.05) is 23.7 Å². The van der Waals surface area contributed by atoms with Crippen LogP contribution in [0.4, 0.5) is 0 Å². The smallest absolute Gasteiger partial charge is 0.234 e. The van der Waals surface area contributed by atoms with E-state index in [4.69, 9.17) is 17.3 Å². The van der Waals surface area contributed by atoms with Crippen LogP contribution in [0, 0.1) is 0 Å². The molecule has 16 heavy (non-hydrogen) atoms. The van der Waals surface area contributed by atoms with E-state index in [2.05, 4.69) is 4.90 Å². The fourth-order valence-corrected chi connectivity index (χ4v) is 2.29. The van der Waals surface area contributed by atoms with Crippen LogP contribution in [0.25, 0.3) is 0 Å². The standard InChI is InChI=1S/C12H15ClN2O/c13-10-5-3-9(4-6-10)8-15-7-1-2-11(15)12(14)16/h3-6,11H,1-2,7-8H2,(H2,14,16). The molecule has 0 spiro atoms. The van der Waals surface area contributed by atoms with Crippen molar-refractivity contribution in [1.82, 2.24) is 4.90 Å². The highest BCUT2D eigenvalue weighted by atomic mass is 35.5. The van der Waals surface area contributed by atoms with Gasteiger partial charge < -0.3 is 5.73 Å². The maximum Gasteiger partial charge on any atom is 0.234 e. The Hall–Kier alpha value is -1.06. The van der Waals surface area contributed by atoms with Crippen LogP contribution < -0.4 is 5.73 Å². The molecule has 0 radical (unpaired) electrons. The number of halogens is 1. The predicted octanol–water partition coefficient (Wildman–Crippen LogP) is 1.79. The number of nitrogens with two attached hydrogens (primary N) is 1. The third kappa shape index (κ3) is 2.54. The summed E-state index contributed by atoms with van der Waals surface area (Å²) in [6, 6.07) is 7.60. The summed E-state index contributed by atoms with van der Waals surface area (Å²) >= 11 is 5.82. The first kappa shape index (κ1) is 11.4. The summed E-state index contributed by atoms with van der Waals surface area (Å²) < 4.78 is 0. The minimum Gasteiger partial charge on any atom is -0.368 e. The molecule has 0 bridgehead atoms. The van der Waals surface area contributed by atoms with E-state index in [1.54, 1.807) is 0 Å². The van der Waals surface area contributed by atoms with Gasteiger partial charge in [0, 0.05) is 11.6 Å². The van der Waals surface area contributed by atoms with Crippen LogP contribution in [-0.4, -0.2) is 23.4 Å². The Kier molecular flexibility index (Phi) is 3.46. The molecule has 86 valence electrons. The van der Waals surface area contributed by atoms with Gasteiger partial charge in [0.05, 0.1) is 6.04 Å². The Balaban J connectivity index is 2.03. The summed E-state index contributed by atoms with van der Waals surface area (Å²) in [6.07, 6.45) is 1.92. The molecule has 1 fully saturated rings. The summed E-state index contributed by atoms with van der Waals surface area (Å²) in [4.78, 5) is 13.3. The van der Waals surface area contributed by atoms with Gasteiger partial charge in [-0.05, 0) is 37.1 Å². The third-order valence-corrected chi connectivity index (χ3v) is 3.24. The molecule has 3 nitrogen and oxygen atoms in total. The summed E-state index contributed by atoms with van der Waals surface area (Å²) in [7, 11) is 0. The van der Waals surface area contributed by atoms with E-state index in [0.717, 1.165) is 36.5 Å². The number of primary amides is 1. The zero-order chi connectivity index (χ0) is 11.5. The Labute approximate surface area is 100 Å². The van der Waals surface area contributed by atoms with Gasteiger partial charge in [0.15, 0.2) is 0 Å². The van der Waals surface area contributed by atoms with Crippen LogP contribution in [0.15, 0.2) is 24.3 Å². The highest BCUT2D eigenvalue weighted by molar-refractivity contribution is 6.30. The molecule has 2 N–H and O–H groups in total. The zero-order valence-electron chi connectivity index (χ0n) is 9.03. The van der Waals surface area contributed by atoms with Crippen LogP contribution in [0.3, 0.4) is 0 Å². The summed E-state index contributed by atoms with van der Waals surface area (Å²) in [5.41, 5.74) is 6.53. The van der Waals surface area contributed by atoms with Crippen molar-refractivity contribution >= 4 is 17.5 Å². The molecule has 4 heteroatoms. The van der Waals surface area contributed by atoms with Gasteiger partial charge in [0.1, 0.15) is 0 Å². The van der Waals surface area contributed by atoms with Crippen LogP contribution >= 0.6 is 11.6 Å². The van der Waals surface area contributed by atoms with E-state index in [9.17, 15) is 4.79 Å². The van der Waals surface area contributed by atoms with E-state index < -0.39 is 0 Å². The van der Waals surface area contributed by atoms with Crippen LogP contribution in [0.2, 0.25) is 5.02 Å². The number of rotatable bonds is 3. The van der Waals surface area contributed by atoms with Gasteiger partial charge in [0.25, 0.3) is 0 Å². The van der Waals surface area contributed by atoms with Crippen LogP contribution in [-0.2, 0) is 11.3 Å². The molecule has 1 amide bonds. The second kappa shape index (κ2) is 4.85. The fourth-order valence-electron chi connectivity index (χ4n) is 2.16. The lowest BCUT2D eigenvalue weighted by molar-refractivity contribution is -0.122. The zero-order valence-corrected chi connectivity index (χ0v) is 9.78. The van der Waals surface area contributed by atoms with Gasteiger partial charge in [-0.15, -0.1) is 0 Å². The number of hydrogen-bond acceptors (Lipinski definition) is 2. The summed E-state index contributed by atoms with van der Waals surface area (Å²) in [5.74, 6) is -0.216. The fraction of sp³-hybridized carbons (Fsp3) is 0.417. The molecule has 1 unspecified atom stereocenters. The van der Waals surface area contributed by atoms with Gasteiger partial charge in [-0.3, -0.25) is 9.69 Å². The summed E-state index contributed by atoms with van der Waals surface area (Å²) in [6.45, 7) is 1.71. The van der Waals surface area contributed by atoms with Crippen molar-refractivity contribution in [1.29, 1.82) is 0 Å². The van der Waals surface area contributed by atoms with Gasteiger partial charge in [-0.2, -0.15) is 0 Å². The number of benzene rings is 1. The van der Waals surface area contributed by atoms with Crippen molar-refractivity contribution in [2.45, 2.75) is 25.4 Å². The number of likely N-dealkylation sites (tertiary alicyclic amines) is 1. The number of amides is 1. The predicted molar refractivity (Wildman–Crippen MR) is 64.1 cm³/mol. The van der Waals surface area contributed by atoms with E-state index >= 15 is 0 Å². The largest absolute Gasteiger partial charge is 0.368 e. The molecule has 2 rings (SSSR count). The average Bonchev–Trinajstić information content (AvgIpc) is 2.69. The molecule has 0 aliphatic carbocycles. The first-order valence-electron chi connectivity index (χ1n) is 5.44. The Morgan fingerprint density at radius 3 is 2.75 bits per heavy atom. The number of nitrogens with zero attached hydrogens (tertiary/aromatic N) is 1. The molecule has 1 aromatic rings. The van der Waals surface area contributed by atoms with Gasteiger partial charge >= 0.3 is 0 Å². The third-order valence-electron chi connectivity index (χ3n) is 2.99. The lowest BCUT2D eigenvalue weighted by atomic mass is 10.2. The molecule has 1 atom stereocenters. The van der Waals surface area contributed by atoms with Crippen molar-refractivity contribution in [3.63, 3.8) is 0 Å². The van der Waals surface area contributed by atoms with Crippen LogP contribution in [0.1, 0.15) is 18.4 Å². The van der Waals surface area contributed by atoms with Crippen molar-refractivity contribution in [3.8, 4) is 0 Å².